The molecule has 2 heteroatoms. The van der Waals surface area contributed by atoms with Crippen LogP contribution in [-0.4, -0.2) is 9.65 Å². The zero-order valence-corrected chi connectivity index (χ0v) is 10.3. The van der Waals surface area contributed by atoms with Crippen LogP contribution in [-0.2, 0) is 0 Å². The molecule has 1 aromatic rings. The van der Waals surface area contributed by atoms with Crippen LogP contribution in [0, 0.1) is 0 Å². The summed E-state index contributed by atoms with van der Waals surface area (Å²) in [6.07, 6.45) is 1.29. The maximum absolute atomic E-state index is 3.82. The lowest BCUT2D eigenvalue weighted by Gasteiger charge is -2.18. The van der Waals surface area contributed by atoms with Crippen molar-refractivity contribution in [2.75, 3.05) is 0 Å². The highest BCUT2D eigenvalue weighted by molar-refractivity contribution is 9.10. The summed E-state index contributed by atoms with van der Waals surface area (Å²) in [7, 11) is 0. The number of benzene rings is 1. The Hall–Kier alpha value is 0.180. The van der Waals surface area contributed by atoms with E-state index in [0.717, 1.165) is 5.92 Å². The molecule has 0 nitrogen and oxygen atoms in total. The van der Waals surface area contributed by atoms with Crippen molar-refractivity contribution in [3.05, 3.63) is 35.4 Å². The van der Waals surface area contributed by atoms with E-state index in [0.29, 0.717) is 15.6 Å². The van der Waals surface area contributed by atoms with E-state index in [-0.39, 0.29) is 0 Å². The monoisotopic (exact) mass is 300 g/mol. The van der Waals surface area contributed by atoms with E-state index in [2.05, 4.69) is 56.1 Å². The van der Waals surface area contributed by atoms with Crippen LogP contribution in [0.3, 0.4) is 0 Å². The SMILES string of the molecule is Br[C@H]1[C@@H]2c3ccccc3[C@H]1C[C@H]2Br. The van der Waals surface area contributed by atoms with Crippen LogP contribution < -0.4 is 0 Å². The third-order valence-electron chi connectivity index (χ3n) is 3.35. The normalized spacial score (nSPS) is 40.8. The molecule has 0 saturated heterocycles. The van der Waals surface area contributed by atoms with Gasteiger partial charge >= 0.3 is 0 Å². The Morgan fingerprint density at radius 1 is 1.08 bits per heavy atom. The zero-order valence-electron chi connectivity index (χ0n) is 7.08. The summed E-state index contributed by atoms with van der Waals surface area (Å²) in [5, 5.41) is 0. The van der Waals surface area contributed by atoms with E-state index in [1.165, 1.54) is 6.42 Å². The van der Waals surface area contributed by atoms with Gasteiger partial charge in [-0.05, 0) is 23.5 Å². The lowest BCUT2D eigenvalue weighted by molar-refractivity contribution is 0.743. The van der Waals surface area contributed by atoms with Gasteiger partial charge in [0.1, 0.15) is 0 Å². The van der Waals surface area contributed by atoms with Gasteiger partial charge in [-0.25, -0.2) is 0 Å². The summed E-state index contributed by atoms with van der Waals surface area (Å²) in [4.78, 5) is 1.34. The molecule has 1 aromatic carbocycles. The molecule has 0 spiro atoms. The lowest BCUT2D eigenvalue weighted by atomic mass is 9.92. The average molecular weight is 302 g/mol. The second kappa shape index (κ2) is 2.83. The minimum Gasteiger partial charge on any atom is -0.0883 e. The second-order valence-corrected chi connectivity index (χ2v) is 6.19. The maximum Gasteiger partial charge on any atom is 0.0294 e. The Morgan fingerprint density at radius 3 is 2.54 bits per heavy atom. The molecule has 2 aliphatic rings. The standard InChI is InChI=1S/C11H10Br2/c12-9-5-8-6-3-1-2-4-7(6)10(9)11(8)13/h1-4,8-11H,5H2/t8-,9-,10-,11-/m1/s1. The Bertz CT molecular complexity index is 348. The molecule has 0 aliphatic heterocycles. The molecule has 2 aliphatic carbocycles. The van der Waals surface area contributed by atoms with Gasteiger partial charge in [0.05, 0.1) is 0 Å². The number of fused-ring (bicyclic) bond motifs is 5. The first-order chi connectivity index (χ1) is 6.29. The first kappa shape index (κ1) is 8.49. The molecule has 4 atom stereocenters. The predicted octanol–water partition coefficient (Wildman–Crippen LogP) is 3.80. The van der Waals surface area contributed by atoms with Crippen LogP contribution in [0.2, 0.25) is 0 Å². The van der Waals surface area contributed by atoms with E-state index < -0.39 is 0 Å². The summed E-state index contributed by atoms with van der Waals surface area (Å²) in [6.45, 7) is 0. The molecule has 1 saturated carbocycles. The highest BCUT2D eigenvalue weighted by atomic mass is 79.9. The molecule has 13 heavy (non-hydrogen) atoms. The molecule has 0 radical (unpaired) electrons. The van der Waals surface area contributed by atoms with Crippen molar-refractivity contribution in [3.63, 3.8) is 0 Å². The van der Waals surface area contributed by atoms with Gasteiger partial charge in [0.15, 0.2) is 0 Å². The van der Waals surface area contributed by atoms with Gasteiger partial charge in [-0.15, -0.1) is 0 Å². The number of hydrogen-bond acceptors (Lipinski definition) is 0. The third kappa shape index (κ3) is 1.02. The third-order valence-corrected chi connectivity index (χ3v) is 5.50. The number of halogens is 2. The van der Waals surface area contributed by atoms with Crippen molar-refractivity contribution < 1.29 is 0 Å². The minimum atomic E-state index is 0.661. The Labute approximate surface area is 95.0 Å². The van der Waals surface area contributed by atoms with E-state index in [4.69, 9.17) is 0 Å². The van der Waals surface area contributed by atoms with Gasteiger partial charge in [-0.2, -0.15) is 0 Å². The topological polar surface area (TPSA) is 0 Å². The quantitative estimate of drug-likeness (QED) is 0.640. The molecular weight excluding hydrogens is 292 g/mol. The zero-order chi connectivity index (χ0) is 9.00. The van der Waals surface area contributed by atoms with Crippen LogP contribution in [0.15, 0.2) is 24.3 Å². The largest absolute Gasteiger partial charge is 0.0883 e. The van der Waals surface area contributed by atoms with E-state index >= 15 is 0 Å². The van der Waals surface area contributed by atoms with Gasteiger partial charge in [0.25, 0.3) is 0 Å². The van der Waals surface area contributed by atoms with E-state index in [1.807, 2.05) is 0 Å². The Balaban J connectivity index is 2.18. The highest BCUT2D eigenvalue weighted by Crippen LogP contribution is 2.58. The van der Waals surface area contributed by atoms with Crippen LogP contribution in [0.1, 0.15) is 29.4 Å². The van der Waals surface area contributed by atoms with Crippen molar-refractivity contribution in [2.24, 2.45) is 0 Å². The molecule has 2 bridgehead atoms. The van der Waals surface area contributed by atoms with Crippen molar-refractivity contribution in [1.29, 1.82) is 0 Å². The maximum atomic E-state index is 3.82. The van der Waals surface area contributed by atoms with Crippen LogP contribution in [0.4, 0.5) is 0 Å². The molecule has 0 heterocycles. The summed E-state index contributed by atoms with van der Waals surface area (Å²) < 4.78 is 0. The summed E-state index contributed by atoms with van der Waals surface area (Å²) >= 11 is 7.60. The van der Waals surface area contributed by atoms with Crippen molar-refractivity contribution in [3.8, 4) is 0 Å². The van der Waals surface area contributed by atoms with Crippen molar-refractivity contribution in [2.45, 2.75) is 27.9 Å². The average Bonchev–Trinajstić information content (AvgIpc) is 2.56. The fraction of sp³-hybridized carbons (Fsp3) is 0.455. The first-order valence-electron chi connectivity index (χ1n) is 4.66. The highest BCUT2D eigenvalue weighted by Gasteiger charge is 2.49. The van der Waals surface area contributed by atoms with Crippen LogP contribution >= 0.6 is 31.9 Å². The smallest absolute Gasteiger partial charge is 0.0294 e. The Kier molecular flexibility index (Phi) is 1.85. The first-order valence-corrected chi connectivity index (χ1v) is 6.49. The molecule has 68 valence electrons. The van der Waals surface area contributed by atoms with Gasteiger partial charge in [-0.1, -0.05) is 56.1 Å². The fourth-order valence-corrected chi connectivity index (χ4v) is 5.37. The van der Waals surface area contributed by atoms with Crippen LogP contribution in [0.25, 0.3) is 0 Å². The second-order valence-electron chi connectivity index (χ2n) is 3.96. The van der Waals surface area contributed by atoms with E-state index in [9.17, 15) is 0 Å². The fourth-order valence-electron chi connectivity index (χ4n) is 2.79. The minimum absolute atomic E-state index is 0.661. The van der Waals surface area contributed by atoms with Gasteiger partial charge in [-0.3, -0.25) is 0 Å². The predicted molar refractivity (Wildman–Crippen MR) is 62.0 cm³/mol. The number of rotatable bonds is 0. The summed E-state index contributed by atoms with van der Waals surface area (Å²) in [6, 6.07) is 8.87. The van der Waals surface area contributed by atoms with Crippen LogP contribution in [0.5, 0.6) is 0 Å². The van der Waals surface area contributed by atoms with Gasteiger partial charge in [0, 0.05) is 15.6 Å². The lowest BCUT2D eigenvalue weighted by Crippen LogP contribution is -2.10. The molecule has 3 rings (SSSR count). The molecule has 0 aromatic heterocycles. The summed E-state index contributed by atoms with van der Waals surface area (Å²) in [5.41, 5.74) is 3.13. The summed E-state index contributed by atoms with van der Waals surface area (Å²) in [5.74, 6) is 1.44. The number of alkyl halides is 2. The van der Waals surface area contributed by atoms with Crippen molar-refractivity contribution >= 4 is 31.9 Å². The van der Waals surface area contributed by atoms with Gasteiger partial charge in [0.2, 0.25) is 0 Å². The molecule has 0 amide bonds. The molecule has 1 fully saturated rings. The molecule has 0 unspecified atom stereocenters. The number of hydrogen-bond donors (Lipinski definition) is 0. The van der Waals surface area contributed by atoms with Gasteiger partial charge < -0.3 is 0 Å². The molecular formula is C11H10Br2. The van der Waals surface area contributed by atoms with Crippen molar-refractivity contribution in [1.82, 2.24) is 0 Å². The van der Waals surface area contributed by atoms with E-state index in [1.54, 1.807) is 11.1 Å². The molecule has 0 N–H and O–H groups in total. The Morgan fingerprint density at radius 2 is 1.77 bits per heavy atom.